The first kappa shape index (κ1) is 21.9. The maximum Gasteiger partial charge on any atom is 0.338 e. The number of hydrogen-bond acceptors (Lipinski definition) is 7. The Morgan fingerprint density at radius 3 is 2.41 bits per heavy atom. The number of carbonyl (C=O) groups is 3. The molecule has 2 N–H and O–H groups in total. The average molecular weight is 600 g/mol. The minimum absolute atomic E-state index is 0.0580. The number of nitrogens with one attached hydrogen (secondary N) is 1. The van der Waals surface area contributed by atoms with E-state index in [1.807, 2.05) is 45.2 Å². The molecule has 0 spiro atoms. The lowest BCUT2D eigenvalue weighted by Gasteiger charge is -2.16. The molecule has 0 saturated heterocycles. The Kier molecular flexibility index (Phi) is 7.85. The number of benzene rings is 1. The van der Waals surface area contributed by atoms with E-state index in [0.717, 1.165) is 0 Å². The second-order valence-corrected chi connectivity index (χ2v) is 7.78. The first-order valence-electron chi connectivity index (χ1n) is 7.98. The van der Waals surface area contributed by atoms with Crippen molar-refractivity contribution in [2.75, 3.05) is 38.7 Å². The summed E-state index contributed by atoms with van der Waals surface area (Å²) < 4.78 is 11.2. The van der Waals surface area contributed by atoms with E-state index in [0.29, 0.717) is 18.4 Å². The van der Waals surface area contributed by atoms with Gasteiger partial charge in [-0.05, 0) is 64.2 Å². The van der Waals surface area contributed by atoms with E-state index in [1.165, 1.54) is 12.0 Å². The van der Waals surface area contributed by atoms with Crippen LogP contribution in [-0.2, 0) is 19.1 Å². The normalized spacial score (nSPS) is 13.8. The van der Waals surface area contributed by atoms with Crippen molar-refractivity contribution in [3.05, 3.63) is 36.1 Å². The fraction of sp³-hybridized carbons (Fsp3) is 0.353. The van der Waals surface area contributed by atoms with Gasteiger partial charge < -0.3 is 24.8 Å². The van der Waals surface area contributed by atoms with Crippen molar-refractivity contribution in [2.24, 2.45) is 0 Å². The summed E-state index contributed by atoms with van der Waals surface area (Å²) in [6, 6.07) is 3.29. The van der Waals surface area contributed by atoms with Crippen LogP contribution in [0.1, 0.15) is 17.3 Å². The molecule has 8 nitrogen and oxygen atoms in total. The summed E-state index contributed by atoms with van der Waals surface area (Å²) in [5.74, 6) is -1.44. The van der Waals surface area contributed by atoms with Crippen molar-refractivity contribution in [2.45, 2.75) is 6.92 Å². The van der Waals surface area contributed by atoms with E-state index in [4.69, 9.17) is 14.6 Å². The van der Waals surface area contributed by atoms with E-state index in [1.54, 1.807) is 19.1 Å². The van der Waals surface area contributed by atoms with Gasteiger partial charge in [0.25, 0.3) is 5.91 Å². The fourth-order valence-electron chi connectivity index (χ4n) is 2.50. The summed E-state index contributed by atoms with van der Waals surface area (Å²) in [6.45, 7) is 1.96. The number of anilines is 1. The zero-order valence-electron chi connectivity index (χ0n) is 14.7. The monoisotopic (exact) mass is 600 g/mol. The van der Waals surface area contributed by atoms with Crippen LogP contribution >= 0.6 is 45.2 Å². The predicted octanol–water partition coefficient (Wildman–Crippen LogP) is 1.75. The number of carbonyl (C=O) groups excluding carboxylic acids is 3. The van der Waals surface area contributed by atoms with Gasteiger partial charge in [0.2, 0.25) is 0 Å². The number of amides is 1. The van der Waals surface area contributed by atoms with Crippen molar-refractivity contribution in [1.82, 2.24) is 4.90 Å². The second-order valence-electron chi connectivity index (χ2n) is 5.46. The molecular weight excluding hydrogens is 582 g/mol. The maximum atomic E-state index is 12.6. The van der Waals surface area contributed by atoms with E-state index in [9.17, 15) is 14.4 Å². The van der Waals surface area contributed by atoms with Gasteiger partial charge in [-0.2, -0.15) is 0 Å². The molecule has 146 valence electrons. The molecule has 10 heteroatoms. The molecule has 1 aliphatic heterocycles. The van der Waals surface area contributed by atoms with Crippen LogP contribution in [-0.4, -0.2) is 61.3 Å². The van der Waals surface area contributed by atoms with Crippen molar-refractivity contribution in [1.29, 1.82) is 0 Å². The van der Waals surface area contributed by atoms with E-state index in [-0.39, 0.29) is 37.6 Å². The number of ether oxygens (including phenoxy) is 2. The molecule has 1 aromatic carbocycles. The standard InChI is InChI=1S/C17H18I2N2O6/c1-3-27-16(24)9-6-11(18)14(12(19)7-9)20-13-10(17(25)26-2)8-21(4-5-22)15(13)23/h6-7,20,22H,3-5,8H2,1-2H3. The first-order chi connectivity index (χ1) is 12.8. The molecule has 0 bridgehead atoms. The smallest absolute Gasteiger partial charge is 0.338 e. The van der Waals surface area contributed by atoms with Gasteiger partial charge in [-0.25, -0.2) is 9.59 Å². The minimum atomic E-state index is -0.612. The number of aliphatic hydroxyl groups is 1. The third-order valence-electron chi connectivity index (χ3n) is 3.76. The topological polar surface area (TPSA) is 105 Å². The average Bonchev–Trinajstić information content (AvgIpc) is 2.93. The minimum Gasteiger partial charge on any atom is -0.466 e. The molecule has 27 heavy (non-hydrogen) atoms. The van der Waals surface area contributed by atoms with Gasteiger partial charge in [0.15, 0.2) is 0 Å². The first-order valence-corrected chi connectivity index (χ1v) is 10.1. The summed E-state index contributed by atoms with van der Waals surface area (Å²) >= 11 is 4.09. The largest absolute Gasteiger partial charge is 0.466 e. The van der Waals surface area contributed by atoms with Crippen LogP contribution < -0.4 is 5.32 Å². The van der Waals surface area contributed by atoms with Gasteiger partial charge in [-0.15, -0.1) is 0 Å². The molecule has 1 aliphatic rings. The number of hydrogen-bond donors (Lipinski definition) is 2. The van der Waals surface area contributed by atoms with Crippen molar-refractivity contribution < 1.29 is 29.0 Å². The molecule has 2 rings (SSSR count). The van der Waals surface area contributed by atoms with Crippen molar-refractivity contribution in [3.63, 3.8) is 0 Å². The Morgan fingerprint density at radius 1 is 1.26 bits per heavy atom. The molecule has 0 radical (unpaired) electrons. The summed E-state index contributed by atoms with van der Waals surface area (Å²) in [7, 11) is 1.24. The molecule has 0 saturated carbocycles. The Balaban J connectivity index is 2.39. The second kappa shape index (κ2) is 9.68. The molecule has 0 atom stereocenters. The van der Waals surface area contributed by atoms with Gasteiger partial charge in [-0.1, -0.05) is 0 Å². The van der Waals surface area contributed by atoms with Crippen LogP contribution in [0, 0.1) is 7.14 Å². The Bertz CT molecular complexity index is 786. The summed E-state index contributed by atoms with van der Waals surface area (Å²) in [5, 5.41) is 12.1. The highest BCUT2D eigenvalue weighted by molar-refractivity contribution is 14.1. The van der Waals surface area contributed by atoms with Gasteiger partial charge in [0.05, 0.1) is 43.7 Å². The van der Waals surface area contributed by atoms with Crippen LogP contribution in [0.5, 0.6) is 0 Å². The van der Waals surface area contributed by atoms with Crippen LogP contribution in [0.15, 0.2) is 23.4 Å². The third kappa shape index (κ3) is 4.90. The number of aliphatic hydroxyl groups excluding tert-OH is 1. The predicted molar refractivity (Wildman–Crippen MR) is 114 cm³/mol. The molecule has 1 heterocycles. The molecule has 1 amide bonds. The molecule has 0 unspecified atom stereocenters. The van der Waals surface area contributed by atoms with Gasteiger partial charge in [0.1, 0.15) is 5.70 Å². The number of β-amino-alcohol motifs (C(OH)–C–C–N with tert-alkyl or cyclic N) is 1. The highest BCUT2D eigenvalue weighted by Crippen LogP contribution is 2.31. The highest BCUT2D eigenvalue weighted by atomic mass is 127. The Labute approximate surface area is 183 Å². The van der Waals surface area contributed by atoms with E-state index in [2.05, 4.69) is 5.32 Å². The number of esters is 2. The molecule has 0 aliphatic carbocycles. The zero-order chi connectivity index (χ0) is 20.1. The van der Waals surface area contributed by atoms with E-state index < -0.39 is 17.8 Å². The SMILES string of the molecule is CCOC(=O)c1cc(I)c(NC2=C(C(=O)OC)CN(CCO)C2=O)c(I)c1. The molecule has 0 fully saturated rings. The van der Waals surface area contributed by atoms with Gasteiger partial charge in [0, 0.05) is 13.7 Å². The fourth-order valence-corrected chi connectivity index (χ4v) is 4.54. The van der Waals surface area contributed by atoms with Crippen molar-refractivity contribution >= 4 is 68.7 Å². The lowest BCUT2D eigenvalue weighted by atomic mass is 10.2. The summed E-state index contributed by atoms with van der Waals surface area (Å²) in [5.41, 5.74) is 1.30. The number of nitrogens with zero attached hydrogens (tertiary/aromatic N) is 1. The van der Waals surface area contributed by atoms with Crippen LogP contribution in [0.25, 0.3) is 0 Å². The molecule has 0 aromatic heterocycles. The van der Waals surface area contributed by atoms with Crippen molar-refractivity contribution in [3.8, 4) is 0 Å². The lowest BCUT2D eigenvalue weighted by molar-refractivity contribution is -0.136. The zero-order valence-corrected chi connectivity index (χ0v) is 19.0. The highest BCUT2D eigenvalue weighted by Gasteiger charge is 2.35. The van der Waals surface area contributed by atoms with Crippen LogP contribution in [0.4, 0.5) is 5.69 Å². The van der Waals surface area contributed by atoms with Gasteiger partial charge >= 0.3 is 11.9 Å². The van der Waals surface area contributed by atoms with Gasteiger partial charge in [-0.3, -0.25) is 4.79 Å². The molecule has 1 aromatic rings. The molecular formula is C17H18I2N2O6. The third-order valence-corrected chi connectivity index (χ3v) is 5.46. The summed E-state index contributed by atoms with van der Waals surface area (Å²) in [6.07, 6.45) is 0. The van der Waals surface area contributed by atoms with Crippen LogP contribution in [0.2, 0.25) is 0 Å². The quantitative estimate of drug-likeness (QED) is 0.363. The lowest BCUT2D eigenvalue weighted by Crippen LogP contribution is -2.31. The summed E-state index contributed by atoms with van der Waals surface area (Å²) in [4.78, 5) is 38.0. The Hall–Kier alpha value is -1.41. The Morgan fingerprint density at radius 2 is 1.89 bits per heavy atom. The number of rotatable bonds is 7. The maximum absolute atomic E-state index is 12.6. The van der Waals surface area contributed by atoms with Crippen LogP contribution in [0.3, 0.4) is 0 Å². The van der Waals surface area contributed by atoms with E-state index >= 15 is 0 Å². The number of methoxy groups -OCH3 is 1. The number of halogens is 2.